The van der Waals surface area contributed by atoms with Gasteiger partial charge in [-0.2, -0.15) is 0 Å². The summed E-state index contributed by atoms with van der Waals surface area (Å²) >= 11 is 1.41. The molecule has 0 aliphatic carbocycles. The van der Waals surface area contributed by atoms with Gasteiger partial charge >= 0.3 is 0 Å². The van der Waals surface area contributed by atoms with Crippen molar-refractivity contribution in [3.05, 3.63) is 18.3 Å². The van der Waals surface area contributed by atoms with Gasteiger partial charge in [0.05, 0.1) is 22.2 Å². The number of anilines is 1. The molecule has 1 aromatic heterocycles. The molecule has 1 aromatic rings. The molecular weight excluding hydrogens is 250 g/mol. The van der Waals surface area contributed by atoms with Crippen molar-refractivity contribution >= 4 is 23.4 Å². The number of amides is 1. The lowest BCUT2D eigenvalue weighted by atomic mass is 10.4. The zero-order valence-electron chi connectivity index (χ0n) is 10.7. The Bertz CT molecular complexity index is 370. The monoisotopic (exact) mass is 269 g/mol. The maximum absolute atomic E-state index is 11.8. The van der Waals surface area contributed by atoms with Crippen LogP contribution in [0.15, 0.2) is 23.4 Å². The molecule has 100 valence electrons. The van der Waals surface area contributed by atoms with Crippen LogP contribution in [0.5, 0.6) is 0 Å². The Morgan fingerprint density at radius 2 is 2.39 bits per heavy atom. The fraction of sp³-hybridized carbons (Fsp3) is 0.500. The van der Waals surface area contributed by atoms with Crippen LogP contribution in [0.2, 0.25) is 0 Å². The van der Waals surface area contributed by atoms with Crippen molar-refractivity contribution < 1.29 is 9.53 Å². The summed E-state index contributed by atoms with van der Waals surface area (Å²) in [5.74, 6) is 0.00901. The quantitative estimate of drug-likeness (QED) is 0.576. The number of hydrogen-bond donors (Lipinski definition) is 2. The van der Waals surface area contributed by atoms with Gasteiger partial charge in [-0.05, 0) is 25.5 Å². The summed E-state index contributed by atoms with van der Waals surface area (Å²) < 4.78 is 4.91. The Balaban J connectivity index is 2.33. The average molecular weight is 269 g/mol. The number of hydrogen-bond acceptors (Lipinski definition) is 5. The van der Waals surface area contributed by atoms with E-state index in [4.69, 9.17) is 10.5 Å². The van der Waals surface area contributed by atoms with Crippen LogP contribution in [0.1, 0.15) is 13.3 Å². The van der Waals surface area contributed by atoms with Crippen LogP contribution < -0.4 is 11.1 Å². The maximum Gasteiger partial charge on any atom is 0.233 e. The maximum atomic E-state index is 11.8. The fourth-order valence-electron chi connectivity index (χ4n) is 1.27. The van der Waals surface area contributed by atoms with E-state index >= 15 is 0 Å². The third-order valence-electron chi connectivity index (χ3n) is 2.25. The van der Waals surface area contributed by atoms with Crippen molar-refractivity contribution in [2.24, 2.45) is 0 Å². The molecule has 0 aromatic carbocycles. The SMILES string of the molecule is COCCCNC(=O)C(C)Sc1ccc(N)cn1. The summed E-state index contributed by atoms with van der Waals surface area (Å²) in [6, 6.07) is 3.59. The smallest absolute Gasteiger partial charge is 0.233 e. The number of methoxy groups -OCH3 is 1. The van der Waals surface area contributed by atoms with Gasteiger partial charge in [-0.25, -0.2) is 4.98 Å². The van der Waals surface area contributed by atoms with Gasteiger partial charge in [-0.3, -0.25) is 4.79 Å². The minimum atomic E-state index is -0.177. The minimum absolute atomic E-state index is 0.00901. The highest BCUT2D eigenvalue weighted by Gasteiger charge is 2.14. The number of carbonyl (C=O) groups excluding carboxylic acids is 1. The van der Waals surface area contributed by atoms with Gasteiger partial charge in [0.25, 0.3) is 0 Å². The molecule has 1 atom stereocenters. The highest BCUT2D eigenvalue weighted by molar-refractivity contribution is 8.00. The lowest BCUT2D eigenvalue weighted by Crippen LogP contribution is -2.32. The molecule has 18 heavy (non-hydrogen) atoms. The molecule has 0 bridgehead atoms. The fourth-order valence-corrected chi connectivity index (χ4v) is 2.08. The molecule has 0 saturated carbocycles. The highest BCUT2D eigenvalue weighted by atomic mass is 32.2. The van der Waals surface area contributed by atoms with Gasteiger partial charge < -0.3 is 15.8 Å². The van der Waals surface area contributed by atoms with E-state index in [9.17, 15) is 4.79 Å². The molecule has 0 saturated heterocycles. The minimum Gasteiger partial charge on any atom is -0.397 e. The molecule has 3 N–H and O–H groups in total. The Hall–Kier alpha value is -1.27. The number of aromatic nitrogens is 1. The van der Waals surface area contributed by atoms with Gasteiger partial charge in [0, 0.05) is 20.3 Å². The number of rotatable bonds is 7. The van der Waals surface area contributed by atoms with E-state index < -0.39 is 0 Å². The Kier molecular flexibility index (Phi) is 6.53. The average Bonchev–Trinajstić information content (AvgIpc) is 2.37. The first-order valence-corrected chi connectivity index (χ1v) is 6.66. The summed E-state index contributed by atoms with van der Waals surface area (Å²) in [7, 11) is 1.65. The van der Waals surface area contributed by atoms with Crippen LogP contribution in [-0.2, 0) is 9.53 Å². The Morgan fingerprint density at radius 1 is 1.61 bits per heavy atom. The van der Waals surface area contributed by atoms with Crippen molar-refractivity contribution in [1.82, 2.24) is 10.3 Å². The van der Waals surface area contributed by atoms with E-state index in [-0.39, 0.29) is 11.2 Å². The van der Waals surface area contributed by atoms with E-state index in [0.29, 0.717) is 18.8 Å². The van der Waals surface area contributed by atoms with Gasteiger partial charge in [0.1, 0.15) is 0 Å². The lowest BCUT2D eigenvalue weighted by molar-refractivity contribution is -0.120. The van der Waals surface area contributed by atoms with Crippen LogP contribution in [0.3, 0.4) is 0 Å². The second-order valence-corrected chi connectivity index (χ2v) is 5.19. The first kappa shape index (κ1) is 14.8. The molecular formula is C12H19N3O2S. The highest BCUT2D eigenvalue weighted by Crippen LogP contribution is 2.21. The van der Waals surface area contributed by atoms with Crippen LogP contribution in [0.25, 0.3) is 0 Å². The topological polar surface area (TPSA) is 77.2 Å². The zero-order valence-corrected chi connectivity index (χ0v) is 11.5. The number of carbonyl (C=O) groups is 1. The molecule has 0 spiro atoms. The first-order valence-electron chi connectivity index (χ1n) is 5.78. The summed E-state index contributed by atoms with van der Waals surface area (Å²) in [6.45, 7) is 3.14. The van der Waals surface area contributed by atoms with Gasteiger partial charge in [-0.1, -0.05) is 11.8 Å². The number of thioether (sulfide) groups is 1. The number of nitrogens with one attached hydrogen (secondary N) is 1. The summed E-state index contributed by atoms with van der Waals surface area (Å²) in [5.41, 5.74) is 6.17. The van der Waals surface area contributed by atoms with Crippen molar-refractivity contribution in [3.63, 3.8) is 0 Å². The van der Waals surface area contributed by atoms with Crippen LogP contribution in [0.4, 0.5) is 5.69 Å². The van der Waals surface area contributed by atoms with Crippen molar-refractivity contribution in [1.29, 1.82) is 0 Å². The standard InChI is InChI=1S/C12H19N3O2S/c1-9(12(16)14-6-3-7-17-2)18-11-5-4-10(13)8-15-11/h4-5,8-9H,3,6-7,13H2,1-2H3,(H,14,16). The van der Waals surface area contributed by atoms with E-state index in [1.807, 2.05) is 13.0 Å². The predicted molar refractivity (Wildman–Crippen MR) is 73.5 cm³/mol. The second kappa shape index (κ2) is 7.94. The lowest BCUT2D eigenvalue weighted by Gasteiger charge is -2.11. The van der Waals surface area contributed by atoms with E-state index in [2.05, 4.69) is 10.3 Å². The van der Waals surface area contributed by atoms with Crippen LogP contribution >= 0.6 is 11.8 Å². The molecule has 1 heterocycles. The van der Waals surface area contributed by atoms with Crippen molar-refractivity contribution in [2.75, 3.05) is 26.0 Å². The number of nitrogen functional groups attached to an aromatic ring is 1. The molecule has 5 nitrogen and oxygen atoms in total. The zero-order chi connectivity index (χ0) is 13.4. The van der Waals surface area contributed by atoms with Gasteiger partial charge in [-0.15, -0.1) is 0 Å². The number of pyridine rings is 1. The van der Waals surface area contributed by atoms with Crippen LogP contribution in [0, 0.1) is 0 Å². The predicted octanol–water partition coefficient (Wildman–Crippen LogP) is 1.30. The van der Waals surface area contributed by atoms with Crippen molar-refractivity contribution in [2.45, 2.75) is 23.6 Å². The van der Waals surface area contributed by atoms with Crippen LogP contribution in [-0.4, -0.2) is 36.4 Å². The molecule has 1 rings (SSSR count). The third kappa shape index (κ3) is 5.37. The molecule has 1 amide bonds. The summed E-state index contributed by atoms with van der Waals surface area (Å²) in [5, 5.41) is 3.47. The third-order valence-corrected chi connectivity index (χ3v) is 3.30. The summed E-state index contributed by atoms with van der Waals surface area (Å²) in [4.78, 5) is 15.9. The summed E-state index contributed by atoms with van der Waals surface area (Å²) in [6.07, 6.45) is 2.41. The number of ether oxygens (including phenoxy) is 1. The second-order valence-electron chi connectivity index (χ2n) is 3.83. The number of nitrogens with zero attached hydrogens (tertiary/aromatic N) is 1. The van der Waals surface area contributed by atoms with Gasteiger partial charge in [0.2, 0.25) is 5.91 Å². The van der Waals surface area contributed by atoms with Gasteiger partial charge in [0.15, 0.2) is 0 Å². The van der Waals surface area contributed by atoms with E-state index in [1.54, 1.807) is 19.4 Å². The normalized spacial score (nSPS) is 12.1. The molecule has 6 heteroatoms. The first-order chi connectivity index (χ1) is 8.63. The Morgan fingerprint density at radius 3 is 3.00 bits per heavy atom. The molecule has 0 aliphatic heterocycles. The molecule has 0 fully saturated rings. The molecule has 0 aliphatic rings. The Labute approximate surface area is 111 Å². The van der Waals surface area contributed by atoms with Crippen molar-refractivity contribution in [3.8, 4) is 0 Å². The molecule has 1 unspecified atom stereocenters. The number of nitrogens with two attached hydrogens (primary N) is 1. The largest absolute Gasteiger partial charge is 0.397 e. The van der Waals surface area contributed by atoms with E-state index in [0.717, 1.165) is 11.4 Å². The molecule has 0 radical (unpaired) electrons. The van der Waals surface area contributed by atoms with E-state index in [1.165, 1.54) is 11.8 Å².